The van der Waals surface area contributed by atoms with Gasteiger partial charge in [0.2, 0.25) is 0 Å². The van der Waals surface area contributed by atoms with Gasteiger partial charge in [0.05, 0.1) is 0 Å². The molecule has 0 saturated carbocycles. The summed E-state index contributed by atoms with van der Waals surface area (Å²) in [5.74, 6) is -0.132. The molecular weight excluding hydrogens is 334 g/mol. The number of hydrogen-bond donors (Lipinski definition) is 0. The van der Waals surface area contributed by atoms with E-state index >= 15 is 0 Å². The van der Waals surface area contributed by atoms with Gasteiger partial charge >= 0.3 is 5.97 Å². The van der Waals surface area contributed by atoms with Crippen LogP contribution in [0.25, 0.3) is 0 Å². The molecule has 0 N–H and O–H groups in total. The topological polar surface area (TPSA) is 39.2 Å². The predicted molar refractivity (Wildman–Crippen MR) is 113 cm³/mol. The van der Waals surface area contributed by atoms with Crippen LogP contribution >= 0.6 is 0 Å². The number of ether oxygens (including phenoxy) is 1. The first-order valence-electron chi connectivity index (χ1n) is 10.3. The van der Waals surface area contributed by atoms with Crippen LogP contribution in [0.3, 0.4) is 0 Å². The van der Waals surface area contributed by atoms with E-state index in [1.165, 1.54) is 32.1 Å². The van der Waals surface area contributed by atoms with Crippen molar-refractivity contribution in [3.8, 4) is 0 Å². The number of pyridine rings is 1. The van der Waals surface area contributed by atoms with Crippen LogP contribution < -0.4 is 0 Å². The molecule has 0 radical (unpaired) electrons. The van der Waals surface area contributed by atoms with Crippen LogP contribution in [-0.4, -0.2) is 11.0 Å². The standard InChI is InChI=1S/C24H35NO2/c1-2-3-4-5-6-7-8-9-10-11-12-13-14-15-16-19-24(26)27-22-23-18-17-20-25-21-23/h7-10,12-13,17-18,20-21H,2-6,11,14-16,19,22H2,1H3/b8-7-,10-9-,13-12-. The maximum Gasteiger partial charge on any atom is 0.306 e. The number of allylic oxidation sites excluding steroid dienone is 6. The Morgan fingerprint density at radius 3 is 2.63 bits per heavy atom. The minimum absolute atomic E-state index is 0.132. The summed E-state index contributed by atoms with van der Waals surface area (Å²) in [6, 6.07) is 3.75. The fourth-order valence-corrected chi connectivity index (χ4v) is 2.56. The molecule has 0 aliphatic heterocycles. The number of nitrogens with zero attached hydrogens (tertiary/aromatic N) is 1. The van der Waals surface area contributed by atoms with Crippen molar-refractivity contribution < 1.29 is 9.53 Å². The summed E-state index contributed by atoms with van der Waals surface area (Å²) in [5.41, 5.74) is 0.924. The molecule has 0 atom stereocenters. The smallest absolute Gasteiger partial charge is 0.306 e. The van der Waals surface area contributed by atoms with Crippen LogP contribution in [0.1, 0.15) is 76.7 Å². The van der Waals surface area contributed by atoms with Crippen molar-refractivity contribution in [3.63, 3.8) is 0 Å². The third-order valence-corrected chi connectivity index (χ3v) is 4.17. The number of aromatic nitrogens is 1. The Hall–Kier alpha value is -2.16. The highest BCUT2D eigenvalue weighted by Crippen LogP contribution is 2.06. The summed E-state index contributed by atoms with van der Waals surface area (Å²) in [7, 11) is 0. The zero-order valence-electron chi connectivity index (χ0n) is 16.8. The van der Waals surface area contributed by atoms with E-state index in [0.717, 1.165) is 31.2 Å². The normalized spacial score (nSPS) is 11.7. The molecule has 27 heavy (non-hydrogen) atoms. The second-order valence-electron chi connectivity index (χ2n) is 6.68. The molecule has 0 fully saturated rings. The molecule has 0 unspecified atom stereocenters. The lowest BCUT2D eigenvalue weighted by Crippen LogP contribution is -2.04. The van der Waals surface area contributed by atoms with Gasteiger partial charge in [-0.2, -0.15) is 0 Å². The minimum Gasteiger partial charge on any atom is -0.461 e. The Morgan fingerprint density at radius 2 is 1.81 bits per heavy atom. The summed E-state index contributed by atoms with van der Waals surface area (Å²) >= 11 is 0. The van der Waals surface area contributed by atoms with Gasteiger partial charge in [0.25, 0.3) is 0 Å². The Morgan fingerprint density at radius 1 is 1.00 bits per heavy atom. The fourth-order valence-electron chi connectivity index (χ4n) is 2.56. The highest BCUT2D eigenvalue weighted by Gasteiger charge is 2.02. The number of hydrogen-bond acceptors (Lipinski definition) is 3. The van der Waals surface area contributed by atoms with Crippen LogP contribution in [0.15, 0.2) is 61.0 Å². The number of esters is 1. The van der Waals surface area contributed by atoms with Gasteiger partial charge in [-0.3, -0.25) is 9.78 Å². The van der Waals surface area contributed by atoms with Crippen molar-refractivity contribution >= 4 is 5.97 Å². The number of carbonyl (C=O) groups is 1. The van der Waals surface area contributed by atoms with Gasteiger partial charge in [0, 0.05) is 24.4 Å². The quantitative estimate of drug-likeness (QED) is 0.149. The lowest BCUT2D eigenvalue weighted by molar-refractivity contribution is -0.145. The molecule has 0 amide bonds. The van der Waals surface area contributed by atoms with Crippen LogP contribution in [0.4, 0.5) is 0 Å². The number of rotatable bonds is 15. The summed E-state index contributed by atoms with van der Waals surface area (Å²) < 4.78 is 5.23. The van der Waals surface area contributed by atoms with E-state index in [1.54, 1.807) is 12.4 Å². The zero-order chi connectivity index (χ0) is 19.4. The molecule has 0 spiro atoms. The summed E-state index contributed by atoms with van der Waals surface area (Å²) in [6.45, 7) is 2.55. The molecule has 1 rings (SSSR count). The van der Waals surface area contributed by atoms with E-state index in [2.05, 4.69) is 48.4 Å². The Kier molecular flexibility index (Phi) is 14.6. The van der Waals surface area contributed by atoms with E-state index in [1.807, 2.05) is 12.1 Å². The molecule has 1 heterocycles. The third-order valence-electron chi connectivity index (χ3n) is 4.17. The number of unbranched alkanes of at least 4 members (excludes halogenated alkanes) is 6. The highest BCUT2D eigenvalue weighted by atomic mass is 16.5. The van der Waals surface area contributed by atoms with Crippen LogP contribution in [0.5, 0.6) is 0 Å². The van der Waals surface area contributed by atoms with Crippen LogP contribution in [0.2, 0.25) is 0 Å². The zero-order valence-corrected chi connectivity index (χ0v) is 16.8. The van der Waals surface area contributed by atoms with E-state index in [0.29, 0.717) is 13.0 Å². The first-order chi connectivity index (χ1) is 13.3. The lowest BCUT2D eigenvalue weighted by atomic mass is 10.1. The molecular formula is C24H35NO2. The Balaban J connectivity index is 1.93. The van der Waals surface area contributed by atoms with Gasteiger partial charge in [-0.1, -0.05) is 68.7 Å². The minimum atomic E-state index is -0.132. The average Bonchev–Trinajstić information content (AvgIpc) is 2.70. The van der Waals surface area contributed by atoms with Gasteiger partial charge < -0.3 is 4.74 Å². The molecule has 0 aliphatic carbocycles. The van der Waals surface area contributed by atoms with Gasteiger partial charge in [-0.05, 0) is 44.6 Å². The number of carbonyl (C=O) groups excluding carboxylic acids is 1. The Bertz CT molecular complexity index is 561. The molecule has 148 valence electrons. The largest absolute Gasteiger partial charge is 0.461 e. The second kappa shape index (κ2) is 17.3. The highest BCUT2D eigenvalue weighted by molar-refractivity contribution is 5.69. The lowest BCUT2D eigenvalue weighted by Gasteiger charge is -2.04. The van der Waals surface area contributed by atoms with Crippen molar-refractivity contribution in [2.24, 2.45) is 0 Å². The predicted octanol–water partition coefficient (Wildman–Crippen LogP) is 6.71. The monoisotopic (exact) mass is 369 g/mol. The van der Waals surface area contributed by atoms with Gasteiger partial charge in [0.1, 0.15) is 6.61 Å². The van der Waals surface area contributed by atoms with Crippen molar-refractivity contribution in [2.45, 2.75) is 77.7 Å². The summed E-state index contributed by atoms with van der Waals surface area (Å²) in [4.78, 5) is 15.7. The fraction of sp³-hybridized carbons (Fsp3) is 0.500. The second-order valence-corrected chi connectivity index (χ2v) is 6.68. The van der Waals surface area contributed by atoms with Gasteiger partial charge in [0.15, 0.2) is 0 Å². The van der Waals surface area contributed by atoms with E-state index < -0.39 is 0 Å². The maximum atomic E-state index is 11.7. The molecule has 1 aromatic rings. The maximum absolute atomic E-state index is 11.7. The molecule has 3 heteroatoms. The van der Waals surface area contributed by atoms with Gasteiger partial charge in [-0.15, -0.1) is 0 Å². The van der Waals surface area contributed by atoms with Gasteiger partial charge in [-0.25, -0.2) is 0 Å². The SMILES string of the molecule is CCCCCC/C=C\C=C/C/C=C\CCCCC(=O)OCc1cccnc1. The van der Waals surface area contributed by atoms with Crippen molar-refractivity contribution in [1.82, 2.24) is 4.98 Å². The Labute approximate surface area is 165 Å². The first kappa shape index (κ1) is 22.9. The molecule has 0 bridgehead atoms. The van der Waals surface area contributed by atoms with Crippen LogP contribution in [0, 0.1) is 0 Å². The van der Waals surface area contributed by atoms with Crippen molar-refractivity contribution in [2.75, 3.05) is 0 Å². The molecule has 0 aliphatic rings. The van der Waals surface area contributed by atoms with E-state index in [9.17, 15) is 4.79 Å². The van der Waals surface area contributed by atoms with E-state index in [4.69, 9.17) is 4.74 Å². The average molecular weight is 370 g/mol. The molecule has 0 saturated heterocycles. The third kappa shape index (κ3) is 14.7. The molecule has 1 aromatic heterocycles. The van der Waals surface area contributed by atoms with E-state index in [-0.39, 0.29) is 5.97 Å². The van der Waals surface area contributed by atoms with Crippen molar-refractivity contribution in [3.05, 3.63) is 66.5 Å². The first-order valence-corrected chi connectivity index (χ1v) is 10.3. The molecule has 3 nitrogen and oxygen atoms in total. The van der Waals surface area contributed by atoms with Crippen LogP contribution in [-0.2, 0) is 16.1 Å². The summed E-state index contributed by atoms with van der Waals surface area (Å²) in [6.07, 6.45) is 27.3. The summed E-state index contributed by atoms with van der Waals surface area (Å²) in [5, 5.41) is 0. The van der Waals surface area contributed by atoms with Crippen molar-refractivity contribution in [1.29, 1.82) is 0 Å². The molecule has 0 aromatic carbocycles.